The number of rotatable bonds is 5. The van der Waals surface area contributed by atoms with Crippen LogP contribution in [0.5, 0.6) is 0 Å². The molecule has 1 aromatic carbocycles. The van der Waals surface area contributed by atoms with Gasteiger partial charge in [-0.2, -0.15) is 0 Å². The number of hydrogen-bond acceptors (Lipinski definition) is 7. The first-order valence-electron chi connectivity index (χ1n) is 7.57. The number of esters is 1. The number of ether oxygens (including phenoxy) is 1. The highest BCUT2D eigenvalue weighted by molar-refractivity contribution is 7.13. The van der Waals surface area contributed by atoms with Gasteiger partial charge in [-0.05, 0) is 35.7 Å². The molecule has 8 heteroatoms. The second-order valence-electron chi connectivity index (χ2n) is 5.28. The number of thiazole rings is 1. The molecule has 26 heavy (non-hydrogen) atoms. The number of carbonyl (C=O) groups is 1. The fourth-order valence-corrected chi connectivity index (χ4v) is 3.69. The van der Waals surface area contributed by atoms with E-state index in [0.717, 1.165) is 10.4 Å². The van der Waals surface area contributed by atoms with Crippen LogP contribution in [0.1, 0.15) is 16.2 Å². The predicted molar refractivity (Wildman–Crippen MR) is 96.4 cm³/mol. The number of halogens is 1. The molecule has 3 aromatic heterocycles. The maximum atomic E-state index is 13.0. The minimum Gasteiger partial charge on any atom is -0.454 e. The zero-order chi connectivity index (χ0) is 17.9. The van der Waals surface area contributed by atoms with Crippen molar-refractivity contribution in [1.82, 2.24) is 10.1 Å². The molecule has 3 heterocycles. The Morgan fingerprint density at radius 1 is 1.19 bits per heavy atom. The summed E-state index contributed by atoms with van der Waals surface area (Å²) in [5.74, 6) is -0.229. The summed E-state index contributed by atoms with van der Waals surface area (Å²) in [6.45, 7) is -0.00286. The number of nitrogens with zero attached hydrogens (tertiary/aromatic N) is 2. The van der Waals surface area contributed by atoms with Crippen LogP contribution in [0.15, 0.2) is 57.7 Å². The summed E-state index contributed by atoms with van der Waals surface area (Å²) in [6.07, 6.45) is 0. The summed E-state index contributed by atoms with van der Waals surface area (Å²) in [4.78, 5) is 17.4. The minimum atomic E-state index is -0.546. The Labute approximate surface area is 155 Å². The Hall–Kier alpha value is -2.84. The zero-order valence-corrected chi connectivity index (χ0v) is 14.8. The van der Waals surface area contributed by atoms with Crippen LogP contribution in [-0.4, -0.2) is 16.1 Å². The van der Waals surface area contributed by atoms with Gasteiger partial charge in [-0.1, -0.05) is 11.2 Å². The summed E-state index contributed by atoms with van der Waals surface area (Å²) >= 11 is 2.83. The lowest BCUT2D eigenvalue weighted by molar-refractivity contribution is 0.0458. The van der Waals surface area contributed by atoms with Gasteiger partial charge in [0.05, 0.1) is 4.88 Å². The van der Waals surface area contributed by atoms with Crippen LogP contribution in [0.3, 0.4) is 0 Å². The van der Waals surface area contributed by atoms with Crippen molar-refractivity contribution in [1.29, 1.82) is 0 Å². The topological polar surface area (TPSA) is 65.2 Å². The van der Waals surface area contributed by atoms with Crippen molar-refractivity contribution >= 4 is 28.6 Å². The van der Waals surface area contributed by atoms with Gasteiger partial charge in [-0.3, -0.25) is 0 Å². The third-order valence-corrected chi connectivity index (χ3v) is 5.25. The molecule has 0 unspecified atom stereocenters. The fraction of sp³-hybridized carbons (Fsp3) is 0.0556. The third kappa shape index (κ3) is 3.56. The number of carbonyl (C=O) groups excluding carboxylic acids is 1. The third-order valence-electron chi connectivity index (χ3n) is 3.48. The first-order valence-corrected chi connectivity index (χ1v) is 9.33. The number of thiophene rings is 1. The summed E-state index contributed by atoms with van der Waals surface area (Å²) in [6, 6.07) is 11.5. The first kappa shape index (κ1) is 16.6. The van der Waals surface area contributed by atoms with Crippen molar-refractivity contribution in [3.05, 3.63) is 70.4 Å². The van der Waals surface area contributed by atoms with Crippen LogP contribution in [0.25, 0.3) is 21.2 Å². The quantitative estimate of drug-likeness (QED) is 0.451. The zero-order valence-electron chi connectivity index (χ0n) is 13.2. The maximum Gasteiger partial charge on any atom is 0.358 e. The molecule has 5 nitrogen and oxygen atoms in total. The van der Waals surface area contributed by atoms with E-state index in [4.69, 9.17) is 9.26 Å². The van der Waals surface area contributed by atoms with Crippen LogP contribution in [0, 0.1) is 5.82 Å². The van der Waals surface area contributed by atoms with Crippen LogP contribution >= 0.6 is 22.7 Å². The molecular formula is C18H11FN2O3S2. The van der Waals surface area contributed by atoms with Crippen molar-refractivity contribution in [2.45, 2.75) is 6.61 Å². The van der Waals surface area contributed by atoms with Gasteiger partial charge in [0.1, 0.15) is 23.1 Å². The number of benzene rings is 1. The lowest BCUT2D eigenvalue weighted by Crippen LogP contribution is -2.05. The second kappa shape index (κ2) is 7.19. The van der Waals surface area contributed by atoms with Gasteiger partial charge in [0.15, 0.2) is 11.5 Å². The average Bonchev–Trinajstić information content (AvgIpc) is 3.41. The Morgan fingerprint density at radius 3 is 2.81 bits per heavy atom. The molecule has 0 fully saturated rings. The monoisotopic (exact) mass is 386 g/mol. The van der Waals surface area contributed by atoms with Crippen LogP contribution in [0.4, 0.5) is 4.39 Å². The van der Waals surface area contributed by atoms with Gasteiger partial charge in [-0.15, -0.1) is 22.7 Å². The smallest absolute Gasteiger partial charge is 0.358 e. The molecule has 4 aromatic rings. The highest BCUT2D eigenvalue weighted by atomic mass is 32.1. The van der Waals surface area contributed by atoms with Crippen LogP contribution in [-0.2, 0) is 11.3 Å². The maximum absolute atomic E-state index is 13.0. The van der Waals surface area contributed by atoms with Gasteiger partial charge < -0.3 is 9.26 Å². The van der Waals surface area contributed by atoms with Crippen molar-refractivity contribution in [2.75, 3.05) is 0 Å². The summed E-state index contributed by atoms with van der Waals surface area (Å²) < 4.78 is 23.5. The van der Waals surface area contributed by atoms with E-state index in [2.05, 4.69) is 10.1 Å². The normalized spacial score (nSPS) is 10.8. The van der Waals surface area contributed by atoms with Crippen LogP contribution in [0.2, 0.25) is 0 Å². The molecule has 0 aliphatic heterocycles. The van der Waals surface area contributed by atoms with Crippen molar-refractivity contribution in [3.63, 3.8) is 0 Å². The Balaban J connectivity index is 1.40. The van der Waals surface area contributed by atoms with E-state index in [1.807, 2.05) is 17.5 Å². The van der Waals surface area contributed by atoms with E-state index in [-0.39, 0.29) is 18.1 Å². The predicted octanol–water partition coefficient (Wildman–Crippen LogP) is 5.02. The fourth-order valence-electron chi connectivity index (χ4n) is 2.22. The molecule has 0 saturated heterocycles. The van der Waals surface area contributed by atoms with Gasteiger partial charge in [0.2, 0.25) is 0 Å². The van der Waals surface area contributed by atoms with Crippen molar-refractivity contribution in [3.8, 4) is 21.2 Å². The molecular weight excluding hydrogens is 375 g/mol. The largest absolute Gasteiger partial charge is 0.454 e. The van der Waals surface area contributed by atoms with E-state index >= 15 is 0 Å². The van der Waals surface area contributed by atoms with Crippen molar-refractivity contribution < 1.29 is 18.4 Å². The Kier molecular flexibility index (Phi) is 4.59. The van der Waals surface area contributed by atoms with Gasteiger partial charge in [0, 0.05) is 17.0 Å². The SMILES string of the molecule is O=C(OCc1cc(-c2cccs2)on1)c1csc(-c2ccc(F)cc2)n1. The van der Waals surface area contributed by atoms with Gasteiger partial charge in [-0.25, -0.2) is 14.2 Å². The molecule has 130 valence electrons. The molecule has 0 aliphatic carbocycles. The van der Waals surface area contributed by atoms with Gasteiger partial charge in [0.25, 0.3) is 0 Å². The molecule has 0 N–H and O–H groups in total. The van der Waals surface area contributed by atoms with Crippen LogP contribution < -0.4 is 0 Å². The summed E-state index contributed by atoms with van der Waals surface area (Å²) in [7, 11) is 0. The Bertz CT molecular complexity index is 1020. The molecule has 0 aliphatic rings. The van der Waals surface area contributed by atoms with E-state index in [0.29, 0.717) is 16.5 Å². The highest BCUT2D eigenvalue weighted by Crippen LogP contribution is 2.26. The molecule has 0 saturated carbocycles. The Morgan fingerprint density at radius 2 is 2.04 bits per heavy atom. The summed E-state index contributed by atoms with van der Waals surface area (Å²) in [5.41, 5.74) is 1.47. The van der Waals surface area contributed by atoms with E-state index in [9.17, 15) is 9.18 Å². The molecule has 0 spiro atoms. The average molecular weight is 386 g/mol. The van der Waals surface area contributed by atoms with E-state index in [1.54, 1.807) is 23.6 Å². The number of hydrogen-bond donors (Lipinski definition) is 0. The molecule has 0 atom stereocenters. The highest BCUT2D eigenvalue weighted by Gasteiger charge is 2.15. The number of aromatic nitrogens is 2. The molecule has 0 radical (unpaired) electrons. The van der Waals surface area contributed by atoms with Gasteiger partial charge >= 0.3 is 5.97 Å². The molecule has 4 rings (SSSR count). The minimum absolute atomic E-state index is 0.00286. The second-order valence-corrected chi connectivity index (χ2v) is 7.09. The lowest BCUT2D eigenvalue weighted by atomic mass is 10.2. The molecule has 0 amide bonds. The van der Waals surface area contributed by atoms with E-state index < -0.39 is 5.97 Å². The van der Waals surface area contributed by atoms with E-state index in [1.165, 1.54) is 34.8 Å². The lowest BCUT2D eigenvalue weighted by Gasteiger charge is -1.99. The summed E-state index contributed by atoms with van der Waals surface area (Å²) in [5, 5.41) is 8.08. The standard InChI is InChI=1S/C18H11FN2O3S2/c19-12-5-3-11(4-6-12)17-20-14(10-26-17)18(22)23-9-13-8-15(24-21-13)16-2-1-7-25-16/h1-8,10H,9H2. The first-order chi connectivity index (χ1) is 12.7. The van der Waals surface area contributed by atoms with Crippen molar-refractivity contribution in [2.24, 2.45) is 0 Å². The molecule has 0 bridgehead atoms.